The van der Waals surface area contributed by atoms with Gasteiger partial charge in [-0.05, 0) is 12.3 Å². The lowest BCUT2D eigenvalue weighted by Crippen LogP contribution is -2.42. The lowest BCUT2D eigenvalue weighted by molar-refractivity contribution is -0.143. The standard InChI is InChI=1S/C13H18N2O5/c1-7(2)4-9(13(19)20-3)14-12(18)8-5-10(16)15-11(17)6-8/h5-7,9H,4H2,1-3H3,(H,14,18)(H2,15,16,17). The maximum atomic E-state index is 12.0. The number of rotatable bonds is 5. The van der Waals surface area contributed by atoms with E-state index >= 15 is 0 Å². The van der Waals surface area contributed by atoms with Gasteiger partial charge in [-0.3, -0.25) is 14.6 Å². The van der Waals surface area contributed by atoms with Gasteiger partial charge in [0.2, 0.25) is 0 Å². The van der Waals surface area contributed by atoms with Gasteiger partial charge in [-0.15, -0.1) is 0 Å². The van der Waals surface area contributed by atoms with Crippen molar-refractivity contribution in [3.05, 3.63) is 28.0 Å². The van der Waals surface area contributed by atoms with Gasteiger partial charge in [0.25, 0.3) is 11.5 Å². The molecule has 20 heavy (non-hydrogen) atoms. The fourth-order valence-electron chi connectivity index (χ4n) is 1.73. The Morgan fingerprint density at radius 2 is 2.05 bits per heavy atom. The number of hydrogen-bond donors (Lipinski definition) is 3. The first-order valence-corrected chi connectivity index (χ1v) is 6.15. The molecule has 7 nitrogen and oxygen atoms in total. The first-order chi connectivity index (χ1) is 9.33. The highest BCUT2D eigenvalue weighted by atomic mass is 16.5. The van der Waals surface area contributed by atoms with Gasteiger partial charge in [0.05, 0.1) is 12.7 Å². The molecule has 0 aliphatic heterocycles. The average molecular weight is 282 g/mol. The fourth-order valence-corrected chi connectivity index (χ4v) is 1.73. The van der Waals surface area contributed by atoms with Crippen molar-refractivity contribution in [1.29, 1.82) is 0 Å². The van der Waals surface area contributed by atoms with E-state index in [1.165, 1.54) is 7.11 Å². The van der Waals surface area contributed by atoms with Crippen LogP contribution in [0.3, 0.4) is 0 Å². The van der Waals surface area contributed by atoms with E-state index in [9.17, 15) is 19.5 Å². The number of carbonyl (C=O) groups is 2. The number of ether oxygens (including phenoxy) is 1. The Labute approximate surface area is 116 Å². The average Bonchev–Trinajstić information content (AvgIpc) is 2.35. The summed E-state index contributed by atoms with van der Waals surface area (Å²) in [5.74, 6) is -1.42. The number of aromatic amines is 1. The van der Waals surface area contributed by atoms with E-state index in [4.69, 9.17) is 0 Å². The van der Waals surface area contributed by atoms with Crippen LogP contribution in [-0.4, -0.2) is 35.1 Å². The minimum atomic E-state index is -0.797. The molecule has 0 fully saturated rings. The topological polar surface area (TPSA) is 108 Å². The van der Waals surface area contributed by atoms with E-state index in [0.717, 1.165) is 12.1 Å². The minimum absolute atomic E-state index is 0.0242. The zero-order valence-corrected chi connectivity index (χ0v) is 11.6. The van der Waals surface area contributed by atoms with Crippen LogP contribution in [0.5, 0.6) is 5.88 Å². The number of pyridine rings is 1. The highest BCUT2D eigenvalue weighted by Gasteiger charge is 2.23. The van der Waals surface area contributed by atoms with Gasteiger partial charge in [0, 0.05) is 12.1 Å². The molecule has 0 aromatic carbocycles. The van der Waals surface area contributed by atoms with Crippen molar-refractivity contribution in [3.63, 3.8) is 0 Å². The van der Waals surface area contributed by atoms with Crippen molar-refractivity contribution in [2.24, 2.45) is 5.92 Å². The number of esters is 1. The van der Waals surface area contributed by atoms with Crippen molar-refractivity contribution < 1.29 is 19.4 Å². The molecule has 110 valence electrons. The Balaban J connectivity index is 2.89. The molecule has 0 radical (unpaired) electrons. The van der Waals surface area contributed by atoms with E-state index in [2.05, 4.69) is 15.0 Å². The summed E-state index contributed by atoms with van der Waals surface area (Å²) < 4.78 is 4.63. The van der Waals surface area contributed by atoms with E-state index in [0.29, 0.717) is 6.42 Å². The predicted octanol–water partition coefficient (Wildman–Crippen LogP) is 0.398. The Bertz CT molecular complexity index is 550. The summed E-state index contributed by atoms with van der Waals surface area (Å²) in [5.41, 5.74) is -0.627. The second kappa shape index (κ2) is 6.74. The van der Waals surface area contributed by atoms with Crippen LogP contribution in [0, 0.1) is 5.92 Å². The molecule has 1 unspecified atom stereocenters. The Morgan fingerprint density at radius 1 is 1.40 bits per heavy atom. The van der Waals surface area contributed by atoms with Crippen LogP contribution in [0.4, 0.5) is 0 Å². The van der Waals surface area contributed by atoms with Crippen LogP contribution in [0.25, 0.3) is 0 Å². The van der Waals surface area contributed by atoms with Gasteiger partial charge in [0.1, 0.15) is 6.04 Å². The maximum absolute atomic E-state index is 12.0. The number of carbonyl (C=O) groups excluding carboxylic acids is 2. The van der Waals surface area contributed by atoms with Gasteiger partial charge in [-0.25, -0.2) is 4.79 Å². The smallest absolute Gasteiger partial charge is 0.328 e. The van der Waals surface area contributed by atoms with Gasteiger partial charge in [-0.2, -0.15) is 0 Å². The van der Waals surface area contributed by atoms with Gasteiger partial charge in [-0.1, -0.05) is 13.8 Å². The second-order valence-corrected chi connectivity index (χ2v) is 4.80. The minimum Gasteiger partial charge on any atom is -0.494 e. The van der Waals surface area contributed by atoms with Crippen LogP contribution in [0.2, 0.25) is 0 Å². The van der Waals surface area contributed by atoms with Gasteiger partial charge >= 0.3 is 5.97 Å². The Hall–Kier alpha value is -2.31. The van der Waals surface area contributed by atoms with Crippen molar-refractivity contribution in [2.45, 2.75) is 26.3 Å². The third-order valence-electron chi connectivity index (χ3n) is 2.59. The van der Waals surface area contributed by atoms with Crippen molar-refractivity contribution in [3.8, 4) is 5.88 Å². The van der Waals surface area contributed by atoms with E-state index < -0.39 is 29.4 Å². The maximum Gasteiger partial charge on any atom is 0.328 e. The largest absolute Gasteiger partial charge is 0.494 e. The van der Waals surface area contributed by atoms with Crippen LogP contribution in [0.1, 0.15) is 30.6 Å². The second-order valence-electron chi connectivity index (χ2n) is 4.80. The third kappa shape index (κ3) is 4.42. The molecule has 1 aromatic rings. The van der Waals surface area contributed by atoms with Crippen molar-refractivity contribution in [2.75, 3.05) is 7.11 Å². The van der Waals surface area contributed by atoms with E-state index in [-0.39, 0.29) is 11.5 Å². The molecule has 0 aliphatic rings. The molecule has 0 spiro atoms. The van der Waals surface area contributed by atoms with Gasteiger partial charge < -0.3 is 15.2 Å². The summed E-state index contributed by atoms with van der Waals surface area (Å²) in [7, 11) is 1.24. The highest BCUT2D eigenvalue weighted by molar-refractivity contribution is 5.96. The molecule has 0 saturated heterocycles. The monoisotopic (exact) mass is 282 g/mol. The van der Waals surface area contributed by atoms with E-state index in [1.807, 2.05) is 13.8 Å². The van der Waals surface area contributed by atoms with Crippen molar-refractivity contribution >= 4 is 11.9 Å². The molecule has 0 saturated carbocycles. The van der Waals surface area contributed by atoms with Gasteiger partial charge in [0.15, 0.2) is 5.88 Å². The molecule has 1 amide bonds. The number of aromatic hydroxyl groups is 1. The molecule has 0 bridgehead atoms. The van der Waals surface area contributed by atoms with E-state index in [1.54, 1.807) is 0 Å². The zero-order valence-electron chi connectivity index (χ0n) is 11.6. The number of hydrogen-bond acceptors (Lipinski definition) is 5. The lowest BCUT2D eigenvalue weighted by atomic mass is 10.0. The molecule has 0 aliphatic carbocycles. The zero-order chi connectivity index (χ0) is 15.3. The van der Waals surface area contributed by atoms with Crippen LogP contribution in [0.15, 0.2) is 16.9 Å². The summed E-state index contributed by atoms with van der Waals surface area (Å²) in [6.45, 7) is 3.81. The first-order valence-electron chi connectivity index (χ1n) is 6.15. The first kappa shape index (κ1) is 15.7. The predicted molar refractivity (Wildman–Crippen MR) is 71.5 cm³/mol. The van der Waals surface area contributed by atoms with Crippen molar-refractivity contribution in [1.82, 2.24) is 10.3 Å². The molecule has 1 atom stereocenters. The lowest BCUT2D eigenvalue weighted by Gasteiger charge is -2.18. The fraction of sp³-hybridized carbons (Fsp3) is 0.462. The number of methoxy groups -OCH3 is 1. The molecule has 3 N–H and O–H groups in total. The number of amides is 1. The number of nitrogens with one attached hydrogen (secondary N) is 2. The molecular weight excluding hydrogens is 264 g/mol. The van der Waals surface area contributed by atoms with Crippen LogP contribution >= 0.6 is 0 Å². The Kier molecular flexibility index (Phi) is 5.31. The normalized spacial score (nSPS) is 12.0. The molecule has 1 aromatic heterocycles. The Morgan fingerprint density at radius 3 is 2.55 bits per heavy atom. The molecular formula is C13H18N2O5. The SMILES string of the molecule is COC(=O)C(CC(C)C)NC(=O)c1cc(O)[nH]c(=O)c1. The molecule has 1 heterocycles. The highest BCUT2D eigenvalue weighted by Crippen LogP contribution is 2.09. The number of aromatic nitrogens is 1. The molecule has 1 rings (SSSR count). The van der Waals surface area contributed by atoms with Crippen LogP contribution in [-0.2, 0) is 9.53 Å². The van der Waals surface area contributed by atoms with Crippen LogP contribution < -0.4 is 10.9 Å². The quantitative estimate of drug-likeness (QED) is 0.677. The summed E-state index contributed by atoms with van der Waals surface area (Å²) in [5, 5.41) is 11.7. The summed E-state index contributed by atoms with van der Waals surface area (Å²) in [4.78, 5) is 36.9. The third-order valence-corrected chi connectivity index (χ3v) is 2.59. The molecule has 7 heteroatoms. The summed E-state index contributed by atoms with van der Waals surface area (Å²) >= 11 is 0. The summed E-state index contributed by atoms with van der Waals surface area (Å²) in [6, 6.07) is 1.35. The number of H-pyrrole nitrogens is 1. The summed E-state index contributed by atoms with van der Waals surface area (Å²) in [6.07, 6.45) is 0.410.